The lowest BCUT2D eigenvalue weighted by molar-refractivity contribution is -0.148. The number of rotatable bonds is 6. The first-order valence-corrected chi connectivity index (χ1v) is 8.44. The average Bonchev–Trinajstić information content (AvgIpc) is 3.02. The number of hydrogen-bond acceptors (Lipinski definition) is 5. The molecule has 152 valence electrons. The number of aliphatic hydroxyl groups is 1. The summed E-state index contributed by atoms with van der Waals surface area (Å²) >= 11 is 5.78. The molecule has 1 amide bonds. The molecule has 0 aliphatic heterocycles. The summed E-state index contributed by atoms with van der Waals surface area (Å²) in [5.41, 5.74) is -1.44. The van der Waals surface area contributed by atoms with Gasteiger partial charge in [-0.15, -0.1) is 0 Å². The van der Waals surface area contributed by atoms with Gasteiger partial charge in [0.05, 0.1) is 6.61 Å². The SMILES string of the molecule is CCOC(=O)C(NC(=O)c1cc(C(F)(F)F)nn1C)C(O)c1ccc(Cl)cc1. The Morgan fingerprint density at radius 3 is 2.43 bits per heavy atom. The number of esters is 1. The van der Waals surface area contributed by atoms with Gasteiger partial charge in [0.25, 0.3) is 5.91 Å². The van der Waals surface area contributed by atoms with E-state index in [1.54, 1.807) is 0 Å². The van der Waals surface area contributed by atoms with Gasteiger partial charge in [-0.25, -0.2) is 4.79 Å². The number of halogens is 4. The molecule has 11 heteroatoms. The zero-order valence-electron chi connectivity index (χ0n) is 14.8. The molecule has 0 radical (unpaired) electrons. The number of aliphatic hydroxyl groups excluding tert-OH is 1. The fourth-order valence-electron chi connectivity index (χ4n) is 2.38. The molecule has 7 nitrogen and oxygen atoms in total. The second-order valence-electron chi connectivity index (χ2n) is 5.74. The lowest BCUT2D eigenvalue weighted by Gasteiger charge is -2.23. The average molecular weight is 420 g/mol. The Balaban J connectivity index is 2.30. The van der Waals surface area contributed by atoms with Crippen molar-refractivity contribution in [2.75, 3.05) is 6.61 Å². The molecule has 0 saturated carbocycles. The van der Waals surface area contributed by atoms with Gasteiger partial charge < -0.3 is 15.2 Å². The summed E-state index contributed by atoms with van der Waals surface area (Å²) in [5, 5.41) is 16.4. The molecule has 0 aliphatic rings. The molecule has 2 rings (SSSR count). The topological polar surface area (TPSA) is 93.5 Å². The minimum absolute atomic E-state index is 0.0253. The summed E-state index contributed by atoms with van der Waals surface area (Å²) < 4.78 is 43.9. The van der Waals surface area contributed by atoms with Crippen molar-refractivity contribution in [1.82, 2.24) is 15.1 Å². The number of alkyl halides is 3. The zero-order chi connectivity index (χ0) is 21.1. The second-order valence-corrected chi connectivity index (χ2v) is 6.17. The highest BCUT2D eigenvalue weighted by Gasteiger charge is 2.37. The van der Waals surface area contributed by atoms with Crippen LogP contribution in [-0.2, 0) is 22.8 Å². The van der Waals surface area contributed by atoms with Crippen LogP contribution >= 0.6 is 11.6 Å². The minimum atomic E-state index is -4.74. The van der Waals surface area contributed by atoms with Crippen molar-refractivity contribution in [1.29, 1.82) is 0 Å². The van der Waals surface area contributed by atoms with Crippen LogP contribution in [0.15, 0.2) is 30.3 Å². The van der Waals surface area contributed by atoms with Crippen LogP contribution in [0.3, 0.4) is 0 Å². The fourth-order valence-corrected chi connectivity index (χ4v) is 2.51. The van der Waals surface area contributed by atoms with Gasteiger partial charge in [-0.2, -0.15) is 18.3 Å². The van der Waals surface area contributed by atoms with Crippen LogP contribution in [-0.4, -0.2) is 39.4 Å². The van der Waals surface area contributed by atoms with Gasteiger partial charge in [0, 0.05) is 18.1 Å². The molecule has 1 heterocycles. The molecule has 0 fully saturated rings. The van der Waals surface area contributed by atoms with Crippen LogP contribution in [0.5, 0.6) is 0 Å². The first-order valence-electron chi connectivity index (χ1n) is 8.06. The van der Waals surface area contributed by atoms with E-state index in [4.69, 9.17) is 16.3 Å². The Bertz CT molecular complexity index is 852. The van der Waals surface area contributed by atoms with Crippen LogP contribution in [0, 0.1) is 0 Å². The van der Waals surface area contributed by atoms with Crippen LogP contribution in [0.25, 0.3) is 0 Å². The third-order valence-electron chi connectivity index (χ3n) is 3.76. The number of carbonyl (C=O) groups is 2. The van der Waals surface area contributed by atoms with Crippen LogP contribution in [0.1, 0.15) is 34.8 Å². The van der Waals surface area contributed by atoms with Gasteiger partial charge in [-0.1, -0.05) is 23.7 Å². The molecule has 2 unspecified atom stereocenters. The highest BCUT2D eigenvalue weighted by molar-refractivity contribution is 6.30. The van der Waals surface area contributed by atoms with Crippen LogP contribution < -0.4 is 5.32 Å². The first-order chi connectivity index (χ1) is 13.0. The van der Waals surface area contributed by atoms with E-state index in [-0.39, 0.29) is 12.2 Å². The van der Waals surface area contributed by atoms with Gasteiger partial charge in [0.15, 0.2) is 11.7 Å². The molecule has 2 N–H and O–H groups in total. The molecule has 28 heavy (non-hydrogen) atoms. The standard InChI is InChI=1S/C17H17ClF3N3O4/c1-3-28-16(27)13(14(25)9-4-6-10(18)7-5-9)22-15(26)11-8-12(17(19,20)21)23-24(11)2/h4-8,13-14,25H,3H2,1-2H3,(H,22,26). The van der Waals surface area contributed by atoms with Crippen LogP contribution in [0.2, 0.25) is 5.02 Å². The number of amides is 1. The van der Waals surface area contributed by atoms with E-state index in [1.165, 1.54) is 31.2 Å². The van der Waals surface area contributed by atoms with Gasteiger partial charge in [-0.05, 0) is 24.6 Å². The van der Waals surface area contributed by atoms with Crippen LogP contribution in [0.4, 0.5) is 13.2 Å². The van der Waals surface area contributed by atoms with Crippen molar-refractivity contribution in [3.8, 4) is 0 Å². The first kappa shape index (κ1) is 21.7. The van der Waals surface area contributed by atoms with E-state index in [2.05, 4.69) is 10.4 Å². The number of nitrogens with one attached hydrogen (secondary N) is 1. The van der Waals surface area contributed by atoms with Gasteiger partial charge in [0.2, 0.25) is 0 Å². The molecule has 0 spiro atoms. The number of benzene rings is 1. The predicted molar refractivity (Wildman–Crippen MR) is 92.5 cm³/mol. The summed E-state index contributed by atoms with van der Waals surface area (Å²) in [7, 11) is 1.15. The summed E-state index contributed by atoms with van der Waals surface area (Å²) in [6, 6.07) is 4.82. The Labute approximate surface area is 163 Å². The Morgan fingerprint density at radius 2 is 1.93 bits per heavy atom. The number of nitrogens with zero attached hydrogens (tertiary/aromatic N) is 2. The molecule has 0 saturated heterocycles. The molecular weight excluding hydrogens is 403 g/mol. The molecular formula is C17H17ClF3N3O4. The highest BCUT2D eigenvalue weighted by Crippen LogP contribution is 2.28. The predicted octanol–water partition coefficient (Wildman–Crippen LogP) is 2.49. The molecule has 1 aromatic heterocycles. The van der Waals surface area contributed by atoms with Crippen molar-refractivity contribution in [3.63, 3.8) is 0 Å². The van der Waals surface area contributed by atoms with E-state index in [0.29, 0.717) is 11.1 Å². The monoisotopic (exact) mass is 419 g/mol. The summed E-state index contributed by atoms with van der Waals surface area (Å²) in [6.45, 7) is 1.50. The fraction of sp³-hybridized carbons (Fsp3) is 0.353. The maximum Gasteiger partial charge on any atom is 0.435 e. The third-order valence-corrected chi connectivity index (χ3v) is 4.01. The summed E-state index contributed by atoms with van der Waals surface area (Å²) in [6.07, 6.45) is -6.25. The smallest absolute Gasteiger partial charge is 0.435 e. The van der Waals surface area contributed by atoms with Gasteiger partial charge >= 0.3 is 12.1 Å². The largest absolute Gasteiger partial charge is 0.464 e. The van der Waals surface area contributed by atoms with Crippen molar-refractivity contribution in [3.05, 3.63) is 52.3 Å². The molecule has 0 aliphatic carbocycles. The maximum atomic E-state index is 12.8. The summed E-state index contributed by atoms with van der Waals surface area (Å²) in [4.78, 5) is 24.7. The number of ether oxygens (including phenoxy) is 1. The van der Waals surface area contributed by atoms with Gasteiger partial charge in [-0.3, -0.25) is 9.48 Å². The third kappa shape index (κ3) is 5.02. The minimum Gasteiger partial charge on any atom is -0.464 e. The van der Waals surface area contributed by atoms with Crippen molar-refractivity contribution >= 4 is 23.5 Å². The lowest BCUT2D eigenvalue weighted by atomic mass is 10.0. The van der Waals surface area contributed by atoms with E-state index >= 15 is 0 Å². The zero-order valence-corrected chi connectivity index (χ0v) is 15.6. The Kier molecular flexibility index (Phi) is 6.68. The lowest BCUT2D eigenvalue weighted by Crippen LogP contribution is -2.46. The van der Waals surface area contributed by atoms with E-state index in [1.807, 2.05) is 0 Å². The van der Waals surface area contributed by atoms with Crippen molar-refractivity contribution in [2.45, 2.75) is 25.2 Å². The number of carbonyl (C=O) groups excluding carboxylic acids is 2. The molecule has 2 atom stereocenters. The number of aryl methyl sites for hydroxylation is 1. The Morgan fingerprint density at radius 1 is 1.32 bits per heavy atom. The normalized spacial score (nSPS) is 13.7. The Hall–Kier alpha value is -2.59. The maximum absolute atomic E-state index is 12.8. The van der Waals surface area contributed by atoms with Gasteiger partial charge in [0.1, 0.15) is 11.8 Å². The molecule has 2 aromatic rings. The molecule has 0 bridgehead atoms. The number of aromatic nitrogens is 2. The van der Waals surface area contributed by atoms with Crippen molar-refractivity contribution in [2.24, 2.45) is 7.05 Å². The van der Waals surface area contributed by atoms with E-state index < -0.39 is 41.6 Å². The molecule has 1 aromatic carbocycles. The van der Waals surface area contributed by atoms with E-state index in [0.717, 1.165) is 11.7 Å². The second kappa shape index (κ2) is 8.61. The highest BCUT2D eigenvalue weighted by atomic mass is 35.5. The number of hydrogen-bond donors (Lipinski definition) is 2. The quantitative estimate of drug-likeness (QED) is 0.702. The summed E-state index contributed by atoms with van der Waals surface area (Å²) in [5.74, 6) is -1.98. The van der Waals surface area contributed by atoms with Crippen molar-refractivity contribution < 1.29 is 32.6 Å². The van der Waals surface area contributed by atoms with E-state index in [9.17, 15) is 27.9 Å².